The molecule has 0 spiro atoms. The summed E-state index contributed by atoms with van der Waals surface area (Å²) in [6.07, 6.45) is 7.08. The van der Waals surface area contributed by atoms with Gasteiger partial charge >= 0.3 is 0 Å². The minimum atomic E-state index is -0.218. The van der Waals surface area contributed by atoms with Crippen molar-refractivity contribution in [3.63, 3.8) is 0 Å². The number of rotatable bonds is 5. The Labute approximate surface area is 160 Å². The molecule has 3 aromatic heterocycles. The number of pyridine rings is 1. The van der Waals surface area contributed by atoms with Crippen molar-refractivity contribution in [1.82, 2.24) is 14.5 Å². The summed E-state index contributed by atoms with van der Waals surface area (Å²) in [6, 6.07) is 14.9. The quantitative estimate of drug-likeness (QED) is 0.565. The highest BCUT2D eigenvalue weighted by molar-refractivity contribution is 7.16. The van der Waals surface area contributed by atoms with Gasteiger partial charge in [-0.25, -0.2) is 4.98 Å². The van der Waals surface area contributed by atoms with Gasteiger partial charge in [0.05, 0.1) is 24.7 Å². The number of hydrogen-bond donors (Lipinski definition) is 1. The number of methoxy groups -OCH3 is 1. The molecule has 4 rings (SSSR count). The van der Waals surface area contributed by atoms with Crippen LogP contribution in [0.4, 0.5) is 5.69 Å². The largest absolute Gasteiger partial charge is 0.497 e. The molecule has 134 valence electrons. The molecule has 0 aliphatic carbocycles. The Kier molecular flexibility index (Phi) is 4.67. The standard InChI is InChI=1S/C20H16N4O2S/c1-26-16-8-6-14(7-9-16)17-18(19(25)22-15-5-4-10-21-13-15)27-20(23-17)24-11-2-3-12-24/h2-13H,1H3,(H,22,25). The van der Waals surface area contributed by atoms with E-state index in [0.29, 0.717) is 16.3 Å². The predicted molar refractivity (Wildman–Crippen MR) is 106 cm³/mol. The summed E-state index contributed by atoms with van der Waals surface area (Å²) < 4.78 is 7.11. The molecule has 0 saturated heterocycles. The fourth-order valence-electron chi connectivity index (χ4n) is 2.60. The molecular formula is C20H16N4O2S. The first-order valence-electron chi connectivity index (χ1n) is 8.24. The van der Waals surface area contributed by atoms with Crippen LogP contribution in [-0.2, 0) is 0 Å². The maximum Gasteiger partial charge on any atom is 0.268 e. The third-order valence-electron chi connectivity index (χ3n) is 3.93. The van der Waals surface area contributed by atoms with E-state index in [-0.39, 0.29) is 5.91 Å². The summed E-state index contributed by atoms with van der Waals surface area (Å²) in [4.78, 5) is 22.2. The van der Waals surface area contributed by atoms with Crippen LogP contribution < -0.4 is 10.1 Å². The molecule has 3 heterocycles. The second-order valence-corrected chi connectivity index (χ2v) is 6.67. The van der Waals surface area contributed by atoms with Crippen LogP contribution in [0, 0.1) is 0 Å². The van der Waals surface area contributed by atoms with Crippen LogP contribution >= 0.6 is 11.3 Å². The molecule has 0 atom stereocenters. The number of amides is 1. The highest BCUT2D eigenvalue weighted by atomic mass is 32.1. The van der Waals surface area contributed by atoms with Crippen molar-refractivity contribution < 1.29 is 9.53 Å². The van der Waals surface area contributed by atoms with E-state index >= 15 is 0 Å². The number of anilines is 1. The predicted octanol–water partition coefficient (Wildman–Crippen LogP) is 4.26. The molecule has 0 bridgehead atoms. The van der Waals surface area contributed by atoms with Crippen molar-refractivity contribution in [3.05, 3.63) is 78.2 Å². The SMILES string of the molecule is COc1ccc(-c2nc(-n3cccc3)sc2C(=O)Nc2cccnc2)cc1. The Morgan fingerprint density at radius 3 is 2.56 bits per heavy atom. The van der Waals surface area contributed by atoms with E-state index in [1.54, 1.807) is 31.6 Å². The van der Waals surface area contributed by atoms with E-state index in [0.717, 1.165) is 16.4 Å². The van der Waals surface area contributed by atoms with Gasteiger partial charge in [0.25, 0.3) is 5.91 Å². The zero-order chi connectivity index (χ0) is 18.6. The highest BCUT2D eigenvalue weighted by Crippen LogP contribution is 2.32. The van der Waals surface area contributed by atoms with Crippen LogP contribution in [0.2, 0.25) is 0 Å². The van der Waals surface area contributed by atoms with Crippen molar-refractivity contribution in [2.75, 3.05) is 12.4 Å². The molecule has 0 fully saturated rings. The van der Waals surface area contributed by atoms with Crippen LogP contribution in [0.15, 0.2) is 73.3 Å². The molecular weight excluding hydrogens is 360 g/mol. The summed E-state index contributed by atoms with van der Waals surface area (Å²) in [6.45, 7) is 0. The molecule has 0 radical (unpaired) electrons. The van der Waals surface area contributed by atoms with Crippen molar-refractivity contribution >= 4 is 22.9 Å². The number of nitrogens with zero attached hydrogens (tertiary/aromatic N) is 3. The van der Waals surface area contributed by atoms with Gasteiger partial charge in [0, 0.05) is 24.2 Å². The van der Waals surface area contributed by atoms with Gasteiger partial charge < -0.3 is 14.6 Å². The average Bonchev–Trinajstić information content (AvgIpc) is 3.39. The topological polar surface area (TPSA) is 69.0 Å². The van der Waals surface area contributed by atoms with Gasteiger partial charge in [0.15, 0.2) is 5.13 Å². The molecule has 6 nitrogen and oxygen atoms in total. The lowest BCUT2D eigenvalue weighted by Crippen LogP contribution is -2.11. The van der Waals surface area contributed by atoms with Crippen molar-refractivity contribution in [3.8, 4) is 22.1 Å². The molecule has 0 unspecified atom stereocenters. The fraction of sp³-hybridized carbons (Fsp3) is 0.0500. The normalized spacial score (nSPS) is 10.6. The van der Waals surface area contributed by atoms with Gasteiger partial charge in [-0.15, -0.1) is 0 Å². The van der Waals surface area contributed by atoms with E-state index in [9.17, 15) is 4.79 Å². The zero-order valence-electron chi connectivity index (χ0n) is 14.5. The molecule has 1 N–H and O–H groups in total. The Balaban J connectivity index is 1.75. The van der Waals surface area contributed by atoms with Gasteiger partial charge in [-0.1, -0.05) is 11.3 Å². The molecule has 27 heavy (non-hydrogen) atoms. The minimum Gasteiger partial charge on any atom is -0.497 e. The Morgan fingerprint density at radius 2 is 1.89 bits per heavy atom. The smallest absolute Gasteiger partial charge is 0.268 e. The number of hydrogen-bond acceptors (Lipinski definition) is 5. The maximum atomic E-state index is 12.9. The van der Waals surface area contributed by atoms with E-state index < -0.39 is 0 Å². The number of carbonyl (C=O) groups is 1. The Hall–Kier alpha value is -3.45. The second kappa shape index (κ2) is 7.43. The first kappa shape index (κ1) is 17.0. The lowest BCUT2D eigenvalue weighted by molar-refractivity contribution is 0.103. The Bertz CT molecular complexity index is 1040. The number of nitrogens with one attached hydrogen (secondary N) is 1. The van der Waals surface area contributed by atoms with Crippen molar-refractivity contribution in [2.45, 2.75) is 0 Å². The summed E-state index contributed by atoms with van der Waals surface area (Å²) in [7, 11) is 1.62. The van der Waals surface area contributed by atoms with Crippen LogP contribution in [0.3, 0.4) is 0 Å². The monoisotopic (exact) mass is 376 g/mol. The molecule has 1 aromatic carbocycles. The van der Waals surface area contributed by atoms with Crippen molar-refractivity contribution in [2.24, 2.45) is 0 Å². The number of thiazole rings is 1. The molecule has 7 heteroatoms. The molecule has 0 saturated carbocycles. The van der Waals surface area contributed by atoms with Crippen LogP contribution in [-0.4, -0.2) is 27.6 Å². The second-order valence-electron chi connectivity index (χ2n) is 5.69. The number of carbonyl (C=O) groups excluding carboxylic acids is 1. The molecule has 1 amide bonds. The van der Waals surface area contributed by atoms with E-state index in [2.05, 4.69) is 10.3 Å². The minimum absolute atomic E-state index is 0.218. The van der Waals surface area contributed by atoms with Crippen LogP contribution in [0.1, 0.15) is 9.67 Å². The van der Waals surface area contributed by atoms with Gasteiger partial charge in [0.2, 0.25) is 0 Å². The Morgan fingerprint density at radius 1 is 1.11 bits per heavy atom. The maximum absolute atomic E-state index is 12.9. The van der Waals surface area contributed by atoms with Crippen molar-refractivity contribution in [1.29, 1.82) is 0 Å². The fourth-order valence-corrected chi connectivity index (χ4v) is 3.55. The zero-order valence-corrected chi connectivity index (χ0v) is 15.3. The van der Waals surface area contributed by atoms with Crippen LogP contribution in [0.25, 0.3) is 16.4 Å². The molecule has 0 aliphatic heterocycles. The summed E-state index contributed by atoms with van der Waals surface area (Å²) in [5.74, 6) is 0.533. The van der Waals surface area contributed by atoms with Gasteiger partial charge in [-0.3, -0.25) is 9.78 Å². The first-order valence-corrected chi connectivity index (χ1v) is 9.06. The van der Waals surface area contributed by atoms with Crippen LogP contribution in [0.5, 0.6) is 5.75 Å². The molecule has 0 aliphatic rings. The van der Waals surface area contributed by atoms with E-state index in [1.165, 1.54) is 11.3 Å². The van der Waals surface area contributed by atoms with Gasteiger partial charge in [-0.2, -0.15) is 0 Å². The lowest BCUT2D eigenvalue weighted by atomic mass is 10.1. The summed E-state index contributed by atoms with van der Waals surface area (Å²) in [5.41, 5.74) is 2.12. The number of ether oxygens (including phenoxy) is 1. The lowest BCUT2D eigenvalue weighted by Gasteiger charge is -2.05. The third kappa shape index (κ3) is 3.58. The highest BCUT2D eigenvalue weighted by Gasteiger charge is 2.20. The van der Waals surface area contributed by atoms with Gasteiger partial charge in [-0.05, 0) is 48.5 Å². The number of benzene rings is 1. The summed E-state index contributed by atoms with van der Waals surface area (Å²) in [5, 5.41) is 3.61. The van der Waals surface area contributed by atoms with E-state index in [1.807, 2.05) is 53.4 Å². The third-order valence-corrected chi connectivity index (χ3v) is 5.00. The van der Waals surface area contributed by atoms with Gasteiger partial charge in [0.1, 0.15) is 10.6 Å². The van der Waals surface area contributed by atoms with E-state index in [4.69, 9.17) is 9.72 Å². The number of aromatic nitrogens is 3. The average molecular weight is 376 g/mol. The summed E-state index contributed by atoms with van der Waals surface area (Å²) >= 11 is 1.34. The first-order chi connectivity index (χ1) is 13.2. The molecule has 4 aromatic rings.